The molecule has 9 rings (SSSR count). The van der Waals surface area contributed by atoms with Crippen molar-refractivity contribution in [1.82, 2.24) is 34.1 Å². The molecule has 8 nitrogen and oxygen atoms in total. The minimum absolute atomic E-state index is 0.612. The number of nitrogens with zero attached hydrogens (tertiary/aromatic N) is 7. The number of rotatable bonds is 4. The Morgan fingerprint density at radius 3 is 1.76 bits per heavy atom. The lowest BCUT2D eigenvalue weighted by Crippen LogP contribution is -1.95. The molecule has 0 fully saturated rings. The first kappa shape index (κ1) is 30.5. The van der Waals surface area contributed by atoms with Crippen molar-refractivity contribution in [2.45, 2.75) is 0 Å². The molecule has 0 saturated carbocycles. The van der Waals surface area contributed by atoms with E-state index in [-0.39, 0.29) is 0 Å². The van der Waals surface area contributed by atoms with Crippen LogP contribution in [-0.2, 0) is 14.1 Å². The zero-order valence-electron chi connectivity index (χ0n) is 26.5. The quantitative estimate of drug-likeness (QED) is 0.199. The second-order valence-electron chi connectivity index (χ2n) is 11.7. The maximum absolute atomic E-state index is 6.29. The third kappa shape index (κ3) is 5.92. The summed E-state index contributed by atoms with van der Waals surface area (Å²) >= 11 is 12.5. The molecule has 0 atom stereocenters. The molecule has 0 aliphatic carbocycles. The third-order valence-corrected chi connectivity index (χ3v) is 9.11. The highest BCUT2D eigenvalue weighted by molar-refractivity contribution is 6.33. The summed E-state index contributed by atoms with van der Waals surface area (Å²) in [6.45, 7) is 0. The van der Waals surface area contributed by atoms with Crippen molar-refractivity contribution in [1.29, 1.82) is 0 Å². The predicted molar refractivity (Wildman–Crippen MR) is 200 cm³/mol. The van der Waals surface area contributed by atoms with E-state index < -0.39 is 0 Å². The summed E-state index contributed by atoms with van der Waals surface area (Å²) < 4.78 is 4.22. The average Bonchev–Trinajstić information content (AvgIpc) is 3.69. The number of fused-ring (bicyclic) bond motifs is 4. The van der Waals surface area contributed by atoms with Crippen LogP contribution in [-0.4, -0.2) is 34.1 Å². The Bertz CT molecular complexity index is 2660. The summed E-state index contributed by atoms with van der Waals surface area (Å²) in [5.74, 6) is 0. The van der Waals surface area contributed by atoms with Gasteiger partial charge < -0.3 is 14.5 Å². The molecule has 0 amide bonds. The van der Waals surface area contributed by atoms with Gasteiger partial charge in [0.15, 0.2) is 0 Å². The van der Waals surface area contributed by atoms with E-state index in [2.05, 4.69) is 106 Å². The van der Waals surface area contributed by atoms with Crippen LogP contribution in [0.5, 0.6) is 0 Å². The van der Waals surface area contributed by atoms with Crippen molar-refractivity contribution >= 4 is 78.4 Å². The van der Waals surface area contributed by atoms with Gasteiger partial charge in [0.2, 0.25) is 0 Å². The van der Waals surface area contributed by atoms with Crippen molar-refractivity contribution in [3.05, 3.63) is 138 Å². The molecule has 0 unspecified atom stereocenters. The molecule has 0 bridgehead atoms. The van der Waals surface area contributed by atoms with E-state index in [1.165, 1.54) is 21.8 Å². The molecule has 9 aromatic rings. The van der Waals surface area contributed by atoms with E-state index in [0.717, 1.165) is 55.7 Å². The van der Waals surface area contributed by atoms with Crippen LogP contribution < -0.4 is 5.32 Å². The Hall–Kier alpha value is -5.83. The zero-order valence-corrected chi connectivity index (χ0v) is 28.0. The number of nitrogens with one attached hydrogen (secondary N) is 1. The van der Waals surface area contributed by atoms with E-state index in [0.29, 0.717) is 10.0 Å². The Kier molecular flexibility index (Phi) is 7.87. The summed E-state index contributed by atoms with van der Waals surface area (Å²) in [6, 6.07) is 26.6. The normalized spacial score (nSPS) is 11.3. The lowest BCUT2D eigenvalue weighted by atomic mass is 10.0. The number of aryl methyl sites for hydroxylation is 2. The van der Waals surface area contributed by atoms with Gasteiger partial charge in [-0.3, -0.25) is 24.9 Å². The summed E-state index contributed by atoms with van der Waals surface area (Å²) in [5, 5.41) is 7.06. The first-order valence-corrected chi connectivity index (χ1v) is 16.3. The Morgan fingerprint density at radius 1 is 0.571 bits per heavy atom. The number of anilines is 2. The van der Waals surface area contributed by atoms with Crippen LogP contribution in [0.15, 0.2) is 128 Å². The van der Waals surface area contributed by atoms with Crippen LogP contribution in [0.25, 0.3) is 66.1 Å². The van der Waals surface area contributed by atoms with Crippen LogP contribution in [0.1, 0.15) is 0 Å². The van der Waals surface area contributed by atoms with Gasteiger partial charge in [0.25, 0.3) is 0 Å². The van der Waals surface area contributed by atoms with Crippen LogP contribution in [0.2, 0.25) is 10.0 Å². The van der Waals surface area contributed by atoms with E-state index in [1.54, 1.807) is 43.2 Å². The lowest BCUT2D eigenvalue weighted by molar-refractivity contribution is 0.969. The maximum atomic E-state index is 6.29. The monoisotopic (exact) mass is 678 g/mol. The second kappa shape index (κ2) is 12.6. The number of aromatic nitrogens is 7. The Morgan fingerprint density at radius 2 is 1.14 bits per heavy atom. The largest absolute Gasteiger partial charge is 0.353 e. The fourth-order valence-corrected chi connectivity index (χ4v) is 6.48. The first-order valence-electron chi connectivity index (χ1n) is 15.5. The first-order chi connectivity index (χ1) is 23.9. The van der Waals surface area contributed by atoms with Crippen molar-refractivity contribution in [3.8, 4) is 22.3 Å². The molecule has 1 N–H and O–H groups in total. The van der Waals surface area contributed by atoms with Crippen molar-refractivity contribution in [3.63, 3.8) is 0 Å². The van der Waals surface area contributed by atoms with Crippen molar-refractivity contribution < 1.29 is 0 Å². The minimum Gasteiger partial charge on any atom is -0.353 e. The fourth-order valence-electron chi connectivity index (χ4n) is 6.11. The maximum Gasteiger partial charge on any atom is 0.0966 e. The number of benzene rings is 4. The van der Waals surface area contributed by atoms with Crippen LogP contribution in [0.3, 0.4) is 0 Å². The van der Waals surface area contributed by atoms with Gasteiger partial charge in [-0.1, -0.05) is 47.5 Å². The van der Waals surface area contributed by atoms with Crippen LogP contribution in [0, 0.1) is 0 Å². The van der Waals surface area contributed by atoms with Gasteiger partial charge in [0.1, 0.15) is 0 Å². The van der Waals surface area contributed by atoms with E-state index in [4.69, 9.17) is 23.2 Å². The summed E-state index contributed by atoms with van der Waals surface area (Å²) in [7, 11) is 4.09. The highest BCUT2D eigenvalue weighted by Gasteiger charge is 2.12. The molecule has 10 heteroatoms. The van der Waals surface area contributed by atoms with Gasteiger partial charge in [-0.15, -0.1) is 0 Å². The van der Waals surface area contributed by atoms with Gasteiger partial charge in [0, 0.05) is 90.3 Å². The highest BCUT2D eigenvalue weighted by Crippen LogP contribution is 2.35. The molecule has 0 aliphatic heterocycles. The van der Waals surface area contributed by atoms with Gasteiger partial charge in [0.05, 0.1) is 39.0 Å². The topological polar surface area (TPSA) is 86.3 Å². The molecule has 49 heavy (non-hydrogen) atoms. The van der Waals surface area contributed by atoms with Gasteiger partial charge >= 0.3 is 0 Å². The lowest BCUT2D eigenvalue weighted by Gasteiger charge is -2.12. The summed E-state index contributed by atoms with van der Waals surface area (Å²) in [5.41, 5.74) is 11.5. The molecule has 0 radical (unpaired) electrons. The fraction of sp³-hybridized carbons (Fsp3) is 0.0513. The Balaban J connectivity index is 0.000000148. The second-order valence-corrected chi connectivity index (χ2v) is 12.5. The SMILES string of the molecule is Cn1ccc2ccc(-c3cc(Cl)cc4nccnc34)cc21.Cn1ccc2ccc(-c3cc(Nc4cnccc4Cl)cc4nccnc34)cc21. The molecule has 0 aliphatic rings. The number of halogens is 2. The van der Waals surface area contributed by atoms with Crippen LogP contribution in [0.4, 0.5) is 11.4 Å². The molecule has 5 heterocycles. The van der Waals surface area contributed by atoms with E-state index >= 15 is 0 Å². The summed E-state index contributed by atoms with van der Waals surface area (Å²) in [6.07, 6.45) is 14.3. The molecule has 0 saturated heterocycles. The minimum atomic E-state index is 0.612. The Labute approximate surface area is 291 Å². The number of pyridine rings is 1. The van der Waals surface area contributed by atoms with E-state index in [1.807, 2.05) is 32.3 Å². The standard InChI is InChI=1S/C22H16ClN5.C17H12ClN3/c1-28-9-5-14-2-3-15(10-21(14)28)17-11-16(12-19-22(17)26-8-7-25-19)27-20-13-24-6-4-18(20)23;1-21-7-4-11-2-3-12(8-16(11)21)14-9-13(18)10-15-17(14)20-6-5-19-15/h2-13,27H,1H3;2-10H,1H3. The van der Waals surface area contributed by atoms with Gasteiger partial charge in [-0.25, -0.2) is 0 Å². The average molecular weight is 680 g/mol. The molecular formula is C39H28Cl2N8. The highest BCUT2D eigenvalue weighted by atomic mass is 35.5. The molecule has 4 aromatic carbocycles. The molecular weight excluding hydrogens is 651 g/mol. The van der Waals surface area contributed by atoms with E-state index in [9.17, 15) is 0 Å². The van der Waals surface area contributed by atoms with Crippen molar-refractivity contribution in [2.24, 2.45) is 14.1 Å². The zero-order chi connectivity index (χ0) is 33.5. The molecule has 5 aromatic heterocycles. The summed E-state index contributed by atoms with van der Waals surface area (Å²) in [4.78, 5) is 22.0. The predicted octanol–water partition coefficient (Wildman–Crippen LogP) is 10.0. The molecule has 0 spiro atoms. The third-order valence-electron chi connectivity index (χ3n) is 8.56. The molecule has 238 valence electrons. The van der Waals surface area contributed by atoms with Gasteiger partial charge in [-0.2, -0.15) is 0 Å². The van der Waals surface area contributed by atoms with Crippen LogP contribution >= 0.6 is 23.2 Å². The number of hydrogen-bond acceptors (Lipinski definition) is 6. The number of hydrogen-bond donors (Lipinski definition) is 1. The van der Waals surface area contributed by atoms with Crippen molar-refractivity contribution in [2.75, 3.05) is 5.32 Å². The smallest absolute Gasteiger partial charge is 0.0966 e. The van der Waals surface area contributed by atoms with Gasteiger partial charge in [-0.05, 0) is 76.5 Å².